The first-order valence-electron chi connectivity index (χ1n) is 9.51. The predicted molar refractivity (Wildman–Crippen MR) is 93.4 cm³/mol. The highest BCUT2D eigenvalue weighted by atomic mass is 16.5. The molecule has 2 rings (SSSR count). The molecule has 0 spiro atoms. The Kier molecular flexibility index (Phi) is 7.99. The first kappa shape index (κ1) is 19.2. The molecule has 1 saturated heterocycles. The minimum atomic E-state index is 0.0368. The van der Waals surface area contributed by atoms with Gasteiger partial charge in [0.25, 0.3) is 0 Å². The lowest BCUT2D eigenvalue weighted by molar-refractivity contribution is -0.140. The summed E-state index contributed by atoms with van der Waals surface area (Å²) in [7, 11) is 0. The maximum atomic E-state index is 12.6. The van der Waals surface area contributed by atoms with Crippen molar-refractivity contribution >= 4 is 11.8 Å². The van der Waals surface area contributed by atoms with Gasteiger partial charge in [0, 0.05) is 50.7 Å². The molecule has 0 aromatic rings. The average molecular weight is 339 g/mol. The molecule has 0 aromatic heterocycles. The molecule has 24 heavy (non-hydrogen) atoms. The largest absolute Gasteiger partial charge is 0.382 e. The van der Waals surface area contributed by atoms with Crippen LogP contribution in [-0.2, 0) is 14.3 Å². The van der Waals surface area contributed by atoms with Gasteiger partial charge >= 0.3 is 0 Å². The van der Waals surface area contributed by atoms with E-state index in [1.54, 1.807) is 0 Å². The Labute approximate surface area is 145 Å². The minimum Gasteiger partial charge on any atom is -0.382 e. The van der Waals surface area contributed by atoms with Gasteiger partial charge in [0.1, 0.15) is 0 Å². The number of hydrogen-bond acceptors (Lipinski definition) is 4. The molecule has 1 aliphatic carbocycles. The van der Waals surface area contributed by atoms with Crippen LogP contribution >= 0.6 is 0 Å². The molecule has 0 aromatic carbocycles. The number of nitrogens with two attached hydrogens (primary N) is 1. The Morgan fingerprint density at radius 2 is 1.92 bits per heavy atom. The van der Waals surface area contributed by atoms with Crippen molar-refractivity contribution in [3.05, 3.63) is 0 Å². The number of hydrogen-bond donors (Lipinski definition) is 2. The molecular weight excluding hydrogens is 306 g/mol. The number of ether oxygens (including phenoxy) is 1. The van der Waals surface area contributed by atoms with Crippen LogP contribution in [0.2, 0.25) is 0 Å². The van der Waals surface area contributed by atoms with Gasteiger partial charge in [-0.05, 0) is 45.4 Å². The van der Waals surface area contributed by atoms with Crippen molar-refractivity contribution in [3.8, 4) is 0 Å². The third-order valence-electron chi connectivity index (χ3n) is 5.21. The highest BCUT2D eigenvalue weighted by molar-refractivity contribution is 5.81. The molecule has 2 unspecified atom stereocenters. The third-order valence-corrected chi connectivity index (χ3v) is 5.21. The molecular formula is C18H33N3O3. The number of piperidine rings is 1. The monoisotopic (exact) mass is 339 g/mol. The van der Waals surface area contributed by atoms with Crippen LogP contribution in [0.1, 0.15) is 51.9 Å². The summed E-state index contributed by atoms with van der Waals surface area (Å²) in [6.07, 6.45) is 6.25. The van der Waals surface area contributed by atoms with Crippen LogP contribution in [0.4, 0.5) is 0 Å². The van der Waals surface area contributed by atoms with Crippen LogP contribution in [0.5, 0.6) is 0 Å². The second kappa shape index (κ2) is 9.99. The zero-order chi connectivity index (χ0) is 17.4. The Morgan fingerprint density at radius 1 is 1.17 bits per heavy atom. The van der Waals surface area contributed by atoms with Crippen LogP contribution in [0.3, 0.4) is 0 Å². The maximum absolute atomic E-state index is 12.6. The van der Waals surface area contributed by atoms with Gasteiger partial charge in [-0.15, -0.1) is 0 Å². The molecule has 1 heterocycles. The normalized spacial score (nSPS) is 25.5. The number of nitrogens with one attached hydrogen (secondary N) is 1. The molecule has 6 nitrogen and oxygen atoms in total. The summed E-state index contributed by atoms with van der Waals surface area (Å²) in [5.74, 6) is 0.506. The minimum absolute atomic E-state index is 0.0368. The van der Waals surface area contributed by atoms with Crippen molar-refractivity contribution in [2.75, 3.05) is 32.8 Å². The molecule has 138 valence electrons. The second-order valence-electron chi connectivity index (χ2n) is 7.06. The molecule has 1 saturated carbocycles. The van der Waals surface area contributed by atoms with E-state index in [0.717, 1.165) is 44.9 Å². The Hall–Kier alpha value is -1.14. The molecule has 2 fully saturated rings. The fourth-order valence-corrected chi connectivity index (χ4v) is 3.75. The van der Waals surface area contributed by atoms with Gasteiger partial charge in [-0.25, -0.2) is 0 Å². The van der Waals surface area contributed by atoms with Gasteiger partial charge in [0.15, 0.2) is 0 Å². The van der Waals surface area contributed by atoms with Gasteiger partial charge in [-0.1, -0.05) is 6.42 Å². The Bertz CT molecular complexity index is 408. The highest BCUT2D eigenvalue weighted by Gasteiger charge is 2.32. The lowest BCUT2D eigenvalue weighted by atomic mass is 9.84. The number of likely N-dealkylation sites (tertiary alicyclic amines) is 1. The summed E-state index contributed by atoms with van der Waals surface area (Å²) in [6, 6.07) is 0.174. The number of carbonyl (C=O) groups excluding carboxylic acids is 2. The quantitative estimate of drug-likeness (QED) is 0.685. The van der Waals surface area contributed by atoms with Crippen molar-refractivity contribution in [2.24, 2.45) is 17.6 Å². The summed E-state index contributed by atoms with van der Waals surface area (Å²) in [5, 5.41) is 2.99. The van der Waals surface area contributed by atoms with Crippen molar-refractivity contribution < 1.29 is 14.3 Å². The number of nitrogens with zero attached hydrogens (tertiary/aromatic N) is 1. The van der Waals surface area contributed by atoms with Crippen LogP contribution < -0.4 is 11.1 Å². The van der Waals surface area contributed by atoms with Crippen molar-refractivity contribution in [1.29, 1.82) is 0 Å². The maximum Gasteiger partial charge on any atom is 0.225 e. The van der Waals surface area contributed by atoms with Gasteiger partial charge in [0.2, 0.25) is 11.8 Å². The zero-order valence-electron chi connectivity index (χ0n) is 15.0. The zero-order valence-corrected chi connectivity index (χ0v) is 15.0. The fraction of sp³-hybridized carbons (Fsp3) is 0.889. The van der Waals surface area contributed by atoms with E-state index >= 15 is 0 Å². The van der Waals surface area contributed by atoms with Gasteiger partial charge in [0.05, 0.1) is 0 Å². The lowest BCUT2D eigenvalue weighted by Gasteiger charge is -2.35. The van der Waals surface area contributed by atoms with Gasteiger partial charge in [-0.3, -0.25) is 9.59 Å². The summed E-state index contributed by atoms with van der Waals surface area (Å²) < 4.78 is 5.26. The van der Waals surface area contributed by atoms with E-state index in [9.17, 15) is 9.59 Å². The number of rotatable bonds is 7. The summed E-state index contributed by atoms with van der Waals surface area (Å²) in [5.41, 5.74) is 6.00. The summed E-state index contributed by atoms with van der Waals surface area (Å²) >= 11 is 0. The van der Waals surface area contributed by atoms with Crippen molar-refractivity contribution in [1.82, 2.24) is 10.2 Å². The second-order valence-corrected chi connectivity index (χ2v) is 7.06. The molecule has 1 aliphatic heterocycles. The van der Waals surface area contributed by atoms with E-state index in [1.807, 2.05) is 11.8 Å². The fourth-order valence-electron chi connectivity index (χ4n) is 3.75. The molecule has 0 radical (unpaired) electrons. The standard InChI is InChI=1S/C18H33N3O3/c1-2-24-12-4-9-20-17(22)14-7-10-21(11-8-14)18(23)15-5-3-6-16(19)13-15/h14-16H,2-13,19H2,1H3,(H,20,22). The van der Waals surface area contributed by atoms with Crippen molar-refractivity contribution in [3.63, 3.8) is 0 Å². The molecule has 6 heteroatoms. The molecule has 0 bridgehead atoms. The highest BCUT2D eigenvalue weighted by Crippen LogP contribution is 2.27. The van der Waals surface area contributed by atoms with Crippen molar-refractivity contribution in [2.45, 2.75) is 57.9 Å². The number of carbonyl (C=O) groups is 2. The van der Waals surface area contributed by atoms with E-state index in [-0.39, 0.29) is 29.7 Å². The van der Waals surface area contributed by atoms with E-state index in [4.69, 9.17) is 10.5 Å². The summed E-state index contributed by atoms with van der Waals surface area (Å²) in [4.78, 5) is 26.7. The topological polar surface area (TPSA) is 84.7 Å². The van der Waals surface area contributed by atoms with E-state index in [0.29, 0.717) is 32.8 Å². The Balaban J connectivity index is 1.67. The van der Waals surface area contributed by atoms with E-state index in [1.165, 1.54) is 0 Å². The van der Waals surface area contributed by atoms with Crippen LogP contribution in [0.25, 0.3) is 0 Å². The third kappa shape index (κ3) is 5.74. The number of amides is 2. The lowest BCUT2D eigenvalue weighted by Crippen LogP contribution is -2.46. The van der Waals surface area contributed by atoms with Gasteiger partial charge in [-0.2, -0.15) is 0 Å². The van der Waals surface area contributed by atoms with E-state index < -0.39 is 0 Å². The van der Waals surface area contributed by atoms with Crippen LogP contribution in [-0.4, -0.2) is 55.6 Å². The molecule has 2 aliphatic rings. The van der Waals surface area contributed by atoms with Gasteiger partial charge < -0.3 is 20.7 Å². The first-order chi connectivity index (χ1) is 11.6. The molecule has 2 atom stereocenters. The van der Waals surface area contributed by atoms with Crippen LogP contribution in [0, 0.1) is 11.8 Å². The SMILES string of the molecule is CCOCCCNC(=O)C1CCN(C(=O)C2CCCC(N)C2)CC1. The average Bonchev–Trinajstić information content (AvgIpc) is 2.61. The predicted octanol–water partition coefficient (Wildman–Crippen LogP) is 1.29. The molecule has 2 amide bonds. The van der Waals surface area contributed by atoms with E-state index in [2.05, 4.69) is 5.32 Å². The molecule has 3 N–H and O–H groups in total. The first-order valence-corrected chi connectivity index (χ1v) is 9.51. The van der Waals surface area contributed by atoms with Crippen LogP contribution in [0.15, 0.2) is 0 Å². The smallest absolute Gasteiger partial charge is 0.225 e. The summed E-state index contributed by atoms with van der Waals surface area (Å²) in [6.45, 7) is 5.43. The Morgan fingerprint density at radius 3 is 2.58 bits per heavy atom.